The molecule has 0 aliphatic heterocycles. The van der Waals surface area contributed by atoms with Crippen LogP contribution in [0.15, 0.2) is 46.6 Å². The van der Waals surface area contributed by atoms with Crippen LogP contribution in [-0.2, 0) is 0 Å². The number of benzene rings is 2. The van der Waals surface area contributed by atoms with Gasteiger partial charge >= 0.3 is 49.7 Å². The van der Waals surface area contributed by atoms with Gasteiger partial charge in [0.05, 0.1) is 11.4 Å². The van der Waals surface area contributed by atoms with Gasteiger partial charge in [-0.1, -0.05) is 0 Å². The van der Waals surface area contributed by atoms with Gasteiger partial charge in [0.25, 0.3) is 0 Å². The van der Waals surface area contributed by atoms with E-state index in [1.54, 1.807) is 0 Å². The van der Waals surface area contributed by atoms with Gasteiger partial charge in [0.1, 0.15) is 22.6 Å². The molecule has 2 rings (SSSR count). The maximum atomic E-state index is 10.9. The van der Waals surface area contributed by atoms with Crippen molar-refractivity contribution in [3.8, 4) is 11.5 Å². The molecule has 0 saturated carbocycles. The van der Waals surface area contributed by atoms with Gasteiger partial charge in [0.15, 0.2) is 0 Å². The normalized spacial score (nSPS) is 10.3. The van der Waals surface area contributed by atoms with Gasteiger partial charge in [0.2, 0.25) is 0 Å². The van der Waals surface area contributed by atoms with E-state index in [4.69, 9.17) is 10.2 Å². The Morgan fingerprint density at radius 2 is 1.13 bits per heavy atom. The van der Waals surface area contributed by atoms with E-state index in [2.05, 4.69) is 10.2 Å². The third kappa shape index (κ3) is 4.65. The van der Waals surface area contributed by atoms with E-state index in [9.17, 15) is 19.8 Å². The maximum Gasteiger partial charge on any atom is 2.00 e. The van der Waals surface area contributed by atoms with Gasteiger partial charge in [-0.15, -0.1) is 0 Å². The van der Waals surface area contributed by atoms with Gasteiger partial charge in [-0.3, -0.25) is 0 Å². The molecule has 0 unspecified atom stereocenters. The molecular formula is C14H12CaN2O6. The van der Waals surface area contributed by atoms with Crippen molar-refractivity contribution in [2.24, 2.45) is 10.2 Å². The summed E-state index contributed by atoms with van der Waals surface area (Å²) in [5.41, 5.74) is -0.318. The summed E-state index contributed by atoms with van der Waals surface area (Å²) >= 11 is 0. The van der Waals surface area contributed by atoms with Crippen molar-refractivity contribution in [3.05, 3.63) is 47.5 Å². The second-order valence-corrected chi connectivity index (χ2v) is 4.21. The van der Waals surface area contributed by atoms with E-state index in [0.29, 0.717) is 0 Å². The first-order valence-electron chi connectivity index (χ1n) is 5.93. The fourth-order valence-corrected chi connectivity index (χ4v) is 1.63. The van der Waals surface area contributed by atoms with E-state index in [-0.39, 0.29) is 63.1 Å². The van der Waals surface area contributed by atoms with Gasteiger partial charge < -0.3 is 23.3 Å². The maximum absolute atomic E-state index is 10.9. The quantitative estimate of drug-likeness (QED) is 0.496. The molecule has 0 saturated heterocycles. The zero-order valence-corrected chi connectivity index (χ0v) is 13.9. The van der Waals surface area contributed by atoms with E-state index in [0.717, 1.165) is 24.3 Å². The Bertz CT molecular complexity index is 735. The van der Waals surface area contributed by atoms with Crippen molar-refractivity contribution in [1.82, 2.24) is 0 Å². The first-order valence-corrected chi connectivity index (χ1v) is 5.93. The van der Waals surface area contributed by atoms with E-state index in [1.165, 1.54) is 12.1 Å². The van der Waals surface area contributed by atoms with E-state index in [1.807, 2.05) is 0 Å². The molecule has 0 amide bonds. The summed E-state index contributed by atoms with van der Waals surface area (Å²) in [5, 5.41) is 44.0. The van der Waals surface area contributed by atoms with Crippen molar-refractivity contribution in [2.75, 3.05) is 0 Å². The molecule has 116 valence electrons. The van der Waals surface area contributed by atoms with E-state index < -0.39 is 23.4 Å². The number of hydrogen-bond donors (Lipinski definition) is 4. The summed E-state index contributed by atoms with van der Waals surface area (Å²) in [5.74, 6) is -3.42. The SMILES string of the molecule is O=C(O)c1cc(N=Nc2ccc(O)c(C(=O)O)c2)ccc1O.[Ca+2].[H-].[H-]. The number of aromatic hydroxyl groups is 2. The Balaban J connectivity index is 0. The summed E-state index contributed by atoms with van der Waals surface area (Å²) in [4.78, 5) is 21.8. The standard InChI is InChI=1S/C14H10N2O6.Ca.2H/c17-11-3-1-7(5-9(11)13(19)20)15-16-8-2-4-12(18)10(6-8)14(21)22;;;/h1-6,17-18H,(H,19,20)(H,21,22);;;/q;+2;2*-1. The predicted molar refractivity (Wildman–Crippen MR) is 82.3 cm³/mol. The van der Waals surface area contributed by atoms with Crippen molar-refractivity contribution >= 4 is 61.1 Å². The van der Waals surface area contributed by atoms with Crippen molar-refractivity contribution in [3.63, 3.8) is 0 Å². The summed E-state index contributed by atoms with van der Waals surface area (Å²) < 4.78 is 0. The number of carbonyl (C=O) groups is 2. The van der Waals surface area contributed by atoms with Crippen LogP contribution in [-0.4, -0.2) is 70.1 Å². The molecule has 0 radical (unpaired) electrons. The largest absolute Gasteiger partial charge is 2.00 e. The molecular weight excluding hydrogens is 332 g/mol. The van der Waals surface area contributed by atoms with Crippen LogP contribution in [0.25, 0.3) is 0 Å². The Kier molecular flexibility index (Phi) is 6.49. The number of azo groups is 1. The molecule has 4 N–H and O–H groups in total. The summed E-state index contributed by atoms with van der Waals surface area (Å²) in [6.45, 7) is 0. The minimum Gasteiger partial charge on any atom is -1.00 e. The minimum atomic E-state index is -1.31. The average molecular weight is 344 g/mol. The Labute approximate surface area is 162 Å². The van der Waals surface area contributed by atoms with Crippen LogP contribution in [0, 0.1) is 0 Å². The van der Waals surface area contributed by atoms with Crippen LogP contribution >= 0.6 is 0 Å². The molecule has 9 heteroatoms. The Morgan fingerprint density at radius 3 is 1.43 bits per heavy atom. The van der Waals surface area contributed by atoms with Crippen LogP contribution in [0.5, 0.6) is 11.5 Å². The summed E-state index contributed by atoms with van der Waals surface area (Å²) in [6, 6.07) is 7.28. The number of aromatic carboxylic acids is 2. The van der Waals surface area contributed by atoms with Crippen LogP contribution in [0.1, 0.15) is 23.6 Å². The Hall–Kier alpha value is -2.16. The van der Waals surface area contributed by atoms with Gasteiger partial charge in [0, 0.05) is 0 Å². The third-order valence-corrected chi connectivity index (χ3v) is 2.70. The monoisotopic (exact) mass is 344 g/mol. The molecule has 0 spiro atoms. The fourth-order valence-electron chi connectivity index (χ4n) is 1.63. The van der Waals surface area contributed by atoms with Crippen LogP contribution in [0.4, 0.5) is 11.4 Å². The molecule has 0 aliphatic carbocycles. The van der Waals surface area contributed by atoms with Crippen molar-refractivity contribution in [2.45, 2.75) is 0 Å². The minimum absolute atomic E-state index is 0. The first kappa shape index (κ1) is 18.9. The van der Waals surface area contributed by atoms with Crippen LogP contribution < -0.4 is 0 Å². The second kappa shape index (κ2) is 7.91. The van der Waals surface area contributed by atoms with Crippen molar-refractivity contribution < 1.29 is 32.9 Å². The van der Waals surface area contributed by atoms with Gasteiger partial charge in [-0.2, -0.15) is 10.2 Å². The zero-order chi connectivity index (χ0) is 16.3. The van der Waals surface area contributed by atoms with Gasteiger partial charge in [-0.05, 0) is 36.4 Å². The predicted octanol–water partition coefficient (Wildman–Crippen LogP) is 2.75. The molecule has 2 aromatic rings. The average Bonchev–Trinajstić information content (AvgIpc) is 2.47. The van der Waals surface area contributed by atoms with E-state index >= 15 is 0 Å². The fraction of sp³-hybridized carbons (Fsp3) is 0. The number of phenols is 2. The third-order valence-electron chi connectivity index (χ3n) is 2.70. The van der Waals surface area contributed by atoms with Crippen molar-refractivity contribution in [1.29, 1.82) is 0 Å². The van der Waals surface area contributed by atoms with Crippen LogP contribution in [0.2, 0.25) is 0 Å². The summed E-state index contributed by atoms with van der Waals surface area (Å²) in [7, 11) is 0. The molecule has 8 nitrogen and oxygen atoms in total. The molecule has 0 bridgehead atoms. The number of nitrogens with zero attached hydrogens (tertiary/aromatic N) is 2. The molecule has 2 aromatic carbocycles. The molecule has 0 aromatic heterocycles. The number of carboxylic acid groups (broad SMARTS) is 2. The molecule has 0 atom stereocenters. The Morgan fingerprint density at radius 1 is 0.783 bits per heavy atom. The smallest absolute Gasteiger partial charge is 1.00 e. The zero-order valence-electron chi connectivity index (χ0n) is 13.7. The number of carboxylic acids is 2. The first-order chi connectivity index (χ1) is 10.4. The number of rotatable bonds is 4. The molecule has 23 heavy (non-hydrogen) atoms. The van der Waals surface area contributed by atoms with Crippen LogP contribution in [0.3, 0.4) is 0 Å². The second-order valence-electron chi connectivity index (χ2n) is 4.21. The molecule has 0 aliphatic rings. The molecule has 0 fully saturated rings. The summed E-state index contributed by atoms with van der Waals surface area (Å²) in [6.07, 6.45) is 0. The van der Waals surface area contributed by atoms with Gasteiger partial charge in [-0.25, -0.2) is 9.59 Å². The topological polar surface area (TPSA) is 140 Å². The molecule has 0 heterocycles. The number of hydrogen-bond acceptors (Lipinski definition) is 6.